The van der Waals surface area contributed by atoms with Crippen LogP contribution in [0.1, 0.15) is 18.4 Å². The molecular formula is C20H32N2O4Si. The number of likely N-dealkylation sites (tertiary alicyclic amines) is 1. The molecule has 1 heterocycles. The number of amides is 2. The molecule has 0 bridgehead atoms. The zero-order chi connectivity index (χ0) is 19.7. The summed E-state index contributed by atoms with van der Waals surface area (Å²) in [7, 11) is -1.20. The van der Waals surface area contributed by atoms with Crippen molar-refractivity contribution in [3.05, 3.63) is 35.9 Å². The van der Waals surface area contributed by atoms with E-state index in [4.69, 9.17) is 9.47 Å². The van der Waals surface area contributed by atoms with Gasteiger partial charge in [-0.05, 0) is 30.4 Å². The van der Waals surface area contributed by atoms with Crippen LogP contribution in [0.5, 0.6) is 0 Å². The second-order valence-electron chi connectivity index (χ2n) is 8.32. The van der Waals surface area contributed by atoms with E-state index in [2.05, 4.69) is 25.0 Å². The molecule has 2 rings (SSSR count). The Balaban J connectivity index is 1.67. The van der Waals surface area contributed by atoms with Crippen LogP contribution in [-0.2, 0) is 16.1 Å². The summed E-state index contributed by atoms with van der Waals surface area (Å²) in [6, 6.07) is 10.6. The molecule has 1 aliphatic heterocycles. The maximum Gasteiger partial charge on any atom is 0.410 e. The number of carbonyl (C=O) groups is 2. The van der Waals surface area contributed by atoms with Gasteiger partial charge >= 0.3 is 12.2 Å². The highest BCUT2D eigenvalue weighted by atomic mass is 28.3. The van der Waals surface area contributed by atoms with E-state index in [9.17, 15) is 9.59 Å². The highest BCUT2D eigenvalue weighted by Crippen LogP contribution is 2.17. The lowest BCUT2D eigenvalue weighted by molar-refractivity contribution is 0.0786. The third-order valence-corrected chi connectivity index (χ3v) is 6.31. The lowest BCUT2D eigenvalue weighted by Crippen LogP contribution is -2.44. The minimum Gasteiger partial charge on any atom is -0.450 e. The summed E-state index contributed by atoms with van der Waals surface area (Å²) in [5, 5.41) is 2.83. The van der Waals surface area contributed by atoms with Gasteiger partial charge in [0.15, 0.2) is 0 Å². The number of hydrogen-bond donors (Lipinski definition) is 1. The van der Waals surface area contributed by atoms with Crippen molar-refractivity contribution in [3.63, 3.8) is 0 Å². The van der Waals surface area contributed by atoms with Crippen molar-refractivity contribution in [2.75, 3.05) is 26.2 Å². The quantitative estimate of drug-likeness (QED) is 0.710. The van der Waals surface area contributed by atoms with Gasteiger partial charge in [-0.2, -0.15) is 0 Å². The first-order chi connectivity index (χ1) is 12.8. The average molecular weight is 393 g/mol. The molecule has 1 saturated heterocycles. The number of nitrogens with one attached hydrogen (secondary N) is 1. The topological polar surface area (TPSA) is 67.9 Å². The van der Waals surface area contributed by atoms with Crippen molar-refractivity contribution < 1.29 is 19.1 Å². The summed E-state index contributed by atoms with van der Waals surface area (Å²) in [4.78, 5) is 25.8. The van der Waals surface area contributed by atoms with Crippen LogP contribution in [0.2, 0.25) is 25.7 Å². The van der Waals surface area contributed by atoms with Crippen molar-refractivity contribution in [3.8, 4) is 0 Å². The van der Waals surface area contributed by atoms with Gasteiger partial charge in [0.25, 0.3) is 0 Å². The molecule has 1 fully saturated rings. The van der Waals surface area contributed by atoms with Gasteiger partial charge in [0.1, 0.15) is 6.61 Å². The number of rotatable bonds is 7. The van der Waals surface area contributed by atoms with E-state index < -0.39 is 8.07 Å². The number of alkyl carbamates (subject to hydrolysis) is 1. The zero-order valence-electron chi connectivity index (χ0n) is 16.7. The monoisotopic (exact) mass is 392 g/mol. The molecule has 1 atom stereocenters. The number of piperidine rings is 1. The smallest absolute Gasteiger partial charge is 0.410 e. The molecule has 0 aromatic heterocycles. The molecule has 0 spiro atoms. The minimum atomic E-state index is -1.20. The molecule has 1 aromatic rings. The molecule has 6 nitrogen and oxygen atoms in total. The van der Waals surface area contributed by atoms with E-state index in [0.717, 1.165) is 24.4 Å². The fraction of sp³-hybridized carbons (Fsp3) is 0.600. The Hall–Kier alpha value is -2.02. The van der Waals surface area contributed by atoms with Gasteiger partial charge in [0, 0.05) is 27.7 Å². The molecule has 150 valence electrons. The Morgan fingerprint density at radius 3 is 2.63 bits per heavy atom. The summed E-state index contributed by atoms with van der Waals surface area (Å²) >= 11 is 0. The van der Waals surface area contributed by atoms with Gasteiger partial charge in [0.05, 0.1) is 6.61 Å². The van der Waals surface area contributed by atoms with Crippen LogP contribution in [0.4, 0.5) is 9.59 Å². The molecule has 7 heteroatoms. The summed E-state index contributed by atoms with van der Waals surface area (Å²) in [5.41, 5.74) is 0.974. The van der Waals surface area contributed by atoms with E-state index in [1.54, 1.807) is 4.90 Å². The first-order valence-corrected chi connectivity index (χ1v) is 13.4. The third kappa shape index (κ3) is 8.47. The van der Waals surface area contributed by atoms with Gasteiger partial charge in [-0.25, -0.2) is 9.59 Å². The predicted molar refractivity (Wildman–Crippen MR) is 108 cm³/mol. The molecule has 1 aliphatic rings. The summed E-state index contributed by atoms with van der Waals surface area (Å²) < 4.78 is 10.7. The SMILES string of the molecule is C[Si](C)(C)CCOC(=O)NC[C@H]1CCCN(C(=O)OCc2ccccc2)C1. The van der Waals surface area contributed by atoms with E-state index in [1.807, 2.05) is 30.3 Å². The van der Waals surface area contributed by atoms with Crippen molar-refractivity contribution in [1.82, 2.24) is 10.2 Å². The lowest BCUT2D eigenvalue weighted by atomic mass is 9.98. The Morgan fingerprint density at radius 1 is 1.19 bits per heavy atom. The second-order valence-corrected chi connectivity index (χ2v) is 13.9. The Labute approximate surface area is 163 Å². The zero-order valence-corrected chi connectivity index (χ0v) is 17.7. The molecule has 0 saturated carbocycles. The molecule has 0 aliphatic carbocycles. The maximum absolute atomic E-state index is 12.3. The molecule has 1 aromatic carbocycles. The van der Waals surface area contributed by atoms with Crippen LogP contribution in [-0.4, -0.2) is 51.4 Å². The van der Waals surface area contributed by atoms with E-state index in [-0.39, 0.29) is 24.7 Å². The van der Waals surface area contributed by atoms with Crippen LogP contribution < -0.4 is 5.32 Å². The number of benzene rings is 1. The van der Waals surface area contributed by atoms with Gasteiger partial charge < -0.3 is 19.7 Å². The summed E-state index contributed by atoms with van der Waals surface area (Å²) in [6.45, 7) is 9.33. The molecule has 0 radical (unpaired) electrons. The van der Waals surface area contributed by atoms with Crippen molar-refractivity contribution in [2.45, 2.75) is 45.1 Å². The standard InChI is InChI=1S/C20H32N2O4Si/c1-27(2,3)13-12-25-19(23)21-14-18-10-7-11-22(15-18)20(24)26-16-17-8-5-4-6-9-17/h4-6,8-9,18H,7,10-16H2,1-3H3,(H,21,23)/t18-/m1/s1. The summed E-state index contributed by atoms with van der Waals surface area (Å²) in [6.07, 6.45) is 1.24. The highest BCUT2D eigenvalue weighted by Gasteiger charge is 2.25. The molecular weight excluding hydrogens is 360 g/mol. The van der Waals surface area contributed by atoms with Gasteiger partial charge in [-0.3, -0.25) is 0 Å². The van der Waals surface area contributed by atoms with Gasteiger partial charge in [0.2, 0.25) is 0 Å². The largest absolute Gasteiger partial charge is 0.450 e. The van der Waals surface area contributed by atoms with Crippen LogP contribution in [0.3, 0.4) is 0 Å². The van der Waals surface area contributed by atoms with Crippen LogP contribution >= 0.6 is 0 Å². The van der Waals surface area contributed by atoms with Crippen molar-refractivity contribution in [1.29, 1.82) is 0 Å². The minimum absolute atomic E-state index is 0.229. The van der Waals surface area contributed by atoms with Crippen molar-refractivity contribution in [2.24, 2.45) is 5.92 Å². The molecule has 2 amide bonds. The normalized spacial score (nSPS) is 17.3. The average Bonchev–Trinajstić information content (AvgIpc) is 2.64. The molecule has 0 unspecified atom stereocenters. The van der Waals surface area contributed by atoms with Crippen LogP contribution in [0.15, 0.2) is 30.3 Å². The number of ether oxygens (including phenoxy) is 2. The molecule has 27 heavy (non-hydrogen) atoms. The number of nitrogens with zero attached hydrogens (tertiary/aromatic N) is 1. The first kappa shape index (κ1) is 21.3. The second kappa shape index (κ2) is 10.3. The predicted octanol–water partition coefficient (Wildman–Crippen LogP) is 4.10. The maximum atomic E-state index is 12.3. The summed E-state index contributed by atoms with van der Waals surface area (Å²) in [5.74, 6) is 0.229. The van der Waals surface area contributed by atoms with Crippen LogP contribution in [0.25, 0.3) is 0 Å². The fourth-order valence-electron chi connectivity index (χ4n) is 2.94. The fourth-order valence-corrected chi connectivity index (χ4v) is 3.65. The Kier molecular flexibility index (Phi) is 8.15. The van der Waals surface area contributed by atoms with Crippen LogP contribution in [0, 0.1) is 5.92 Å². The number of hydrogen-bond acceptors (Lipinski definition) is 4. The van der Waals surface area contributed by atoms with Gasteiger partial charge in [-0.1, -0.05) is 50.0 Å². The van der Waals surface area contributed by atoms with E-state index >= 15 is 0 Å². The Morgan fingerprint density at radius 2 is 1.93 bits per heavy atom. The number of carbonyl (C=O) groups excluding carboxylic acids is 2. The van der Waals surface area contributed by atoms with Gasteiger partial charge in [-0.15, -0.1) is 0 Å². The highest BCUT2D eigenvalue weighted by molar-refractivity contribution is 6.76. The van der Waals surface area contributed by atoms with E-state index in [1.165, 1.54) is 0 Å². The van der Waals surface area contributed by atoms with Crippen molar-refractivity contribution >= 4 is 20.3 Å². The van der Waals surface area contributed by atoms with E-state index in [0.29, 0.717) is 26.2 Å². The lowest BCUT2D eigenvalue weighted by Gasteiger charge is -2.32. The molecule has 1 N–H and O–H groups in total. The first-order valence-electron chi connectivity index (χ1n) is 9.70. The Bertz CT molecular complexity index is 604. The third-order valence-electron chi connectivity index (χ3n) is 4.60.